The van der Waals surface area contributed by atoms with Crippen molar-refractivity contribution in [1.82, 2.24) is 0 Å². The molecule has 0 unspecified atom stereocenters. The summed E-state index contributed by atoms with van der Waals surface area (Å²) in [7, 11) is -4.89. The molecular weight excluding hydrogens is 202 g/mol. The van der Waals surface area contributed by atoms with Crippen molar-refractivity contribution in [1.29, 1.82) is 0 Å². The number of hydrogen-bond acceptors (Lipinski definition) is 5. The minimum atomic E-state index is -4.89. The van der Waals surface area contributed by atoms with Gasteiger partial charge in [-0.1, -0.05) is 0 Å². The van der Waals surface area contributed by atoms with E-state index < -0.39 is 14.0 Å². The molecule has 11 heavy (non-hydrogen) atoms. The van der Waals surface area contributed by atoms with Gasteiger partial charge in [-0.3, -0.25) is 4.57 Å². The van der Waals surface area contributed by atoms with Crippen molar-refractivity contribution in [3.8, 4) is 0 Å². The Balaban J connectivity index is -0.0000000383. The van der Waals surface area contributed by atoms with Crippen LogP contribution in [0.1, 0.15) is 0 Å². The molecule has 10 heteroatoms. The summed E-state index contributed by atoms with van der Waals surface area (Å²) >= 11 is 0. The molecule has 0 spiro atoms. The molecule has 56 valence electrons. The molecule has 0 aromatic heterocycles. The summed E-state index contributed by atoms with van der Waals surface area (Å²) in [6, 6.07) is 0. The van der Waals surface area contributed by atoms with Gasteiger partial charge in [-0.05, 0) is 6.16 Å². The van der Waals surface area contributed by atoms with E-state index in [-0.39, 0.29) is 52.6 Å². The van der Waals surface area contributed by atoms with E-state index in [4.69, 9.17) is 34.3 Å². The van der Waals surface area contributed by atoms with E-state index in [0.29, 0.717) is 0 Å². The van der Waals surface area contributed by atoms with Gasteiger partial charge in [0.25, 0.3) is 7.82 Å². The van der Waals surface area contributed by atoms with E-state index in [1.165, 1.54) is 0 Å². The molecule has 7 nitrogen and oxygen atoms in total. The summed E-state index contributed by atoms with van der Waals surface area (Å²) in [6.07, 6.45) is -2.33. The first kappa shape index (κ1) is 22.7. The van der Waals surface area contributed by atoms with Crippen LogP contribution in [-0.4, -0.2) is 39.0 Å². The van der Waals surface area contributed by atoms with Gasteiger partial charge in [0, 0.05) is 0 Å². The van der Waals surface area contributed by atoms with Crippen LogP contribution < -0.4 is 44.7 Å². The van der Waals surface area contributed by atoms with Crippen LogP contribution >= 0.6 is 7.82 Å². The van der Waals surface area contributed by atoms with E-state index >= 15 is 0 Å². The van der Waals surface area contributed by atoms with E-state index in [0.717, 1.165) is 0 Å². The first-order valence-electron chi connectivity index (χ1n) is 1.38. The van der Waals surface area contributed by atoms with Crippen molar-refractivity contribution in [3.63, 3.8) is 0 Å². The molecule has 0 aliphatic rings. The summed E-state index contributed by atoms with van der Waals surface area (Å²) in [5, 5.41) is 16.7. The number of carbonyl (C=O) groups is 1. The van der Waals surface area contributed by atoms with Crippen LogP contribution in [0.2, 0.25) is 0 Å². The van der Waals surface area contributed by atoms with Gasteiger partial charge in [0.15, 0.2) is 0 Å². The monoisotopic (exact) mass is 204 g/mol. The Labute approximate surface area is 100 Å². The standard InChI is InChI=1S/CH2O3.Mg.Na.H3O4P/c2-1(3)4;;;1-5(2,3)4/h(H2,2,3,4);;;(H3,1,2,3,4)/q;+2;+1;/p-3. The molecule has 0 fully saturated rings. The molecule has 0 aromatic rings. The molecule has 0 rings (SSSR count). The van der Waals surface area contributed by atoms with Gasteiger partial charge >= 0.3 is 52.6 Å². The fourth-order valence-corrected chi connectivity index (χ4v) is 0. The first-order valence-corrected chi connectivity index (χ1v) is 2.91. The minimum Gasteiger partial charge on any atom is -0.756 e. The molecule has 0 saturated heterocycles. The third-order valence-electron chi connectivity index (χ3n) is 0. The zero-order chi connectivity index (χ0) is 8.08. The van der Waals surface area contributed by atoms with Crippen LogP contribution in [-0.2, 0) is 4.57 Å². The summed E-state index contributed by atoms with van der Waals surface area (Å²) < 4.78 is 8.77. The minimum absolute atomic E-state index is 0. The number of carbonyl (C=O) groups excluding carboxylic acids is 1. The Kier molecular flexibility index (Phi) is 23.0. The zero-order valence-corrected chi connectivity index (χ0v) is 9.90. The average molecular weight is 204 g/mol. The van der Waals surface area contributed by atoms with Gasteiger partial charge in [-0.25, -0.2) is 0 Å². The van der Waals surface area contributed by atoms with Crippen LogP contribution in [0.4, 0.5) is 4.79 Å². The van der Waals surface area contributed by atoms with Gasteiger partial charge in [-0.15, -0.1) is 0 Å². The summed E-state index contributed by atoms with van der Waals surface area (Å²) in [5.41, 5.74) is 0. The molecule has 0 heterocycles. The first-order chi connectivity index (χ1) is 3.73. The maximum atomic E-state index is 8.77. The van der Waals surface area contributed by atoms with Crippen molar-refractivity contribution in [3.05, 3.63) is 0 Å². The predicted molar refractivity (Wildman–Crippen MR) is 23.2 cm³/mol. The third kappa shape index (κ3) is 710. The van der Waals surface area contributed by atoms with Crippen LogP contribution in [0.25, 0.3) is 0 Å². The topological polar surface area (TPSA) is 144 Å². The second-order valence-corrected chi connectivity index (χ2v) is 1.72. The van der Waals surface area contributed by atoms with Crippen molar-refractivity contribution >= 4 is 37.0 Å². The molecular formula is CH2MgNaO7P. The Morgan fingerprint density at radius 1 is 1.27 bits per heavy atom. The van der Waals surface area contributed by atoms with Gasteiger partial charge in [0.2, 0.25) is 0 Å². The SMILES string of the molecule is O=C([O-])[O-].O=P([O-])(O)O.[Mg+2].[Na+]. The Morgan fingerprint density at radius 2 is 1.27 bits per heavy atom. The second-order valence-electron chi connectivity index (χ2n) is 0.741. The zero-order valence-electron chi connectivity index (χ0n) is 5.59. The maximum absolute atomic E-state index is 8.77. The van der Waals surface area contributed by atoms with Crippen molar-refractivity contribution in [2.45, 2.75) is 0 Å². The molecule has 0 atom stereocenters. The second kappa shape index (κ2) is 11.1. The van der Waals surface area contributed by atoms with E-state index in [1.807, 2.05) is 0 Å². The number of rotatable bonds is 0. The summed E-state index contributed by atoms with van der Waals surface area (Å²) in [5.74, 6) is 0. The quantitative estimate of drug-likeness (QED) is 0.294. The van der Waals surface area contributed by atoms with Gasteiger partial charge < -0.3 is 29.7 Å². The Bertz CT molecular complexity index is 118. The smallest absolute Gasteiger partial charge is 0.756 e. The molecule has 0 radical (unpaired) electrons. The van der Waals surface area contributed by atoms with Crippen LogP contribution in [0.15, 0.2) is 0 Å². The number of carboxylic acid groups (broad SMARTS) is 2. The Hall–Kier alpha value is 1.15. The van der Waals surface area contributed by atoms with Crippen molar-refractivity contribution < 1.29 is 63.8 Å². The Morgan fingerprint density at radius 3 is 1.27 bits per heavy atom. The number of hydrogen-bond donors (Lipinski definition) is 2. The predicted octanol–water partition coefficient (Wildman–Crippen LogP) is -7.38. The average Bonchev–Trinajstić information content (AvgIpc) is 1.19. The van der Waals surface area contributed by atoms with Gasteiger partial charge in [0.1, 0.15) is 0 Å². The summed E-state index contributed by atoms with van der Waals surface area (Å²) in [6.45, 7) is 0. The van der Waals surface area contributed by atoms with E-state index in [2.05, 4.69) is 0 Å². The largest absolute Gasteiger partial charge is 2.00 e. The molecule has 0 aliphatic carbocycles. The van der Waals surface area contributed by atoms with Crippen LogP contribution in [0, 0.1) is 0 Å². The van der Waals surface area contributed by atoms with Gasteiger partial charge in [-0.2, -0.15) is 0 Å². The number of phosphoric acid groups is 1. The van der Waals surface area contributed by atoms with Crippen molar-refractivity contribution in [2.75, 3.05) is 0 Å². The maximum Gasteiger partial charge on any atom is 2.00 e. The third-order valence-corrected chi connectivity index (χ3v) is 0. The van der Waals surface area contributed by atoms with Crippen LogP contribution in [0.5, 0.6) is 0 Å². The van der Waals surface area contributed by atoms with E-state index in [9.17, 15) is 0 Å². The molecule has 0 aromatic carbocycles. The normalized spacial score (nSPS) is 7.55. The molecule has 0 saturated carbocycles. The fourth-order valence-electron chi connectivity index (χ4n) is 0. The van der Waals surface area contributed by atoms with Crippen LogP contribution in [0.3, 0.4) is 0 Å². The molecule has 0 bridgehead atoms. The molecule has 2 N–H and O–H groups in total. The van der Waals surface area contributed by atoms with Crippen molar-refractivity contribution in [2.24, 2.45) is 0 Å². The van der Waals surface area contributed by atoms with Gasteiger partial charge in [0.05, 0.1) is 0 Å². The summed E-state index contributed by atoms with van der Waals surface area (Å²) in [4.78, 5) is 31.3. The fraction of sp³-hybridized carbons (Fsp3) is 0. The van der Waals surface area contributed by atoms with E-state index in [1.54, 1.807) is 0 Å². The molecule has 0 aliphatic heterocycles. The molecule has 0 amide bonds.